The predicted octanol–water partition coefficient (Wildman–Crippen LogP) is 3.69. The minimum atomic E-state index is -0.379. The van der Waals surface area contributed by atoms with E-state index in [1.165, 1.54) is 23.0 Å². The number of ether oxygens (including phenoxy) is 1. The quantitative estimate of drug-likeness (QED) is 0.516. The first-order valence-corrected chi connectivity index (χ1v) is 9.68. The molecule has 4 rings (SSSR count). The fourth-order valence-electron chi connectivity index (χ4n) is 3.31. The summed E-state index contributed by atoms with van der Waals surface area (Å²) in [5.74, 6) is 0. The van der Waals surface area contributed by atoms with E-state index in [1.54, 1.807) is 12.1 Å². The number of nitrogens with zero attached hydrogens (tertiary/aromatic N) is 3. The Balaban J connectivity index is 1.53. The number of fused-ring (bicyclic) bond motifs is 1. The van der Waals surface area contributed by atoms with Crippen molar-refractivity contribution in [1.82, 2.24) is 9.88 Å². The molecule has 1 fully saturated rings. The molecule has 0 radical (unpaired) electrons. The third-order valence-electron chi connectivity index (χ3n) is 4.70. The van der Waals surface area contributed by atoms with Gasteiger partial charge >= 0.3 is 0 Å². The number of rotatable bonds is 6. The van der Waals surface area contributed by atoms with Gasteiger partial charge in [0, 0.05) is 31.8 Å². The lowest BCUT2D eigenvalue weighted by atomic mass is 10.0. The number of non-ortho nitro benzene ring substituents is 1. The number of nitro groups is 1. The molecule has 0 amide bonds. The molecule has 1 atom stereocenters. The van der Waals surface area contributed by atoms with Crippen LogP contribution in [0.5, 0.6) is 0 Å². The normalized spacial score (nSPS) is 16.3. The third-order valence-corrected chi connectivity index (χ3v) is 5.68. The maximum Gasteiger partial charge on any atom is 0.270 e. The van der Waals surface area contributed by atoms with Gasteiger partial charge in [-0.1, -0.05) is 41.7 Å². The van der Waals surface area contributed by atoms with Crippen LogP contribution in [0.4, 0.5) is 10.8 Å². The number of hydrogen-bond donors (Lipinski definition) is 1. The molecule has 7 nitrogen and oxygen atoms in total. The lowest BCUT2D eigenvalue weighted by molar-refractivity contribution is -0.384. The lowest BCUT2D eigenvalue weighted by Crippen LogP contribution is -2.41. The van der Waals surface area contributed by atoms with Crippen molar-refractivity contribution in [3.05, 3.63) is 64.2 Å². The van der Waals surface area contributed by atoms with Crippen LogP contribution in [-0.4, -0.2) is 47.7 Å². The number of thiazole rings is 1. The highest BCUT2D eigenvalue weighted by molar-refractivity contribution is 7.22. The number of morpholine rings is 1. The summed E-state index contributed by atoms with van der Waals surface area (Å²) < 4.78 is 6.31. The van der Waals surface area contributed by atoms with Crippen LogP contribution in [0.25, 0.3) is 10.2 Å². The van der Waals surface area contributed by atoms with Crippen LogP contribution >= 0.6 is 11.3 Å². The average Bonchev–Trinajstić information content (AvgIpc) is 3.12. The molecular formula is C19H20N4O3S. The summed E-state index contributed by atoms with van der Waals surface area (Å²) >= 11 is 1.44. The minimum Gasteiger partial charge on any atom is -0.379 e. The highest BCUT2D eigenvalue weighted by atomic mass is 32.1. The Hall–Kier alpha value is -2.55. The fraction of sp³-hybridized carbons (Fsp3) is 0.316. The first-order chi connectivity index (χ1) is 13.2. The number of nitrogens with one attached hydrogen (secondary N) is 1. The Morgan fingerprint density at radius 2 is 2.00 bits per heavy atom. The molecule has 2 heterocycles. The van der Waals surface area contributed by atoms with Crippen LogP contribution in [0.3, 0.4) is 0 Å². The first-order valence-electron chi connectivity index (χ1n) is 8.86. The largest absolute Gasteiger partial charge is 0.379 e. The van der Waals surface area contributed by atoms with Crippen molar-refractivity contribution in [2.24, 2.45) is 0 Å². The molecule has 1 aliphatic heterocycles. The summed E-state index contributed by atoms with van der Waals surface area (Å²) in [6.07, 6.45) is 0. The molecule has 1 aromatic heterocycles. The summed E-state index contributed by atoms with van der Waals surface area (Å²) in [5, 5.41) is 15.2. The van der Waals surface area contributed by atoms with Crippen molar-refractivity contribution < 1.29 is 9.66 Å². The van der Waals surface area contributed by atoms with Gasteiger partial charge in [0.15, 0.2) is 5.13 Å². The SMILES string of the molecule is O=[N+]([O-])c1ccc2nc(NCC(c3ccccc3)N3CCOCC3)sc2c1. The highest BCUT2D eigenvalue weighted by Crippen LogP contribution is 2.30. The van der Waals surface area contributed by atoms with Crippen LogP contribution in [0, 0.1) is 10.1 Å². The predicted molar refractivity (Wildman–Crippen MR) is 106 cm³/mol. The Morgan fingerprint density at radius 1 is 1.22 bits per heavy atom. The zero-order valence-corrected chi connectivity index (χ0v) is 15.5. The molecule has 8 heteroatoms. The molecule has 0 spiro atoms. The number of anilines is 1. The zero-order valence-electron chi connectivity index (χ0n) is 14.7. The molecular weight excluding hydrogens is 364 g/mol. The summed E-state index contributed by atoms with van der Waals surface area (Å²) in [5.41, 5.74) is 2.12. The first kappa shape index (κ1) is 17.8. The Kier molecular flexibility index (Phi) is 5.28. The second kappa shape index (κ2) is 7.99. The van der Waals surface area contributed by atoms with E-state index in [1.807, 2.05) is 6.07 Å². The molecule has 140 valence electrons. The topological polar surface area (TPSA) is 80.5 Å². The van der Waals surface area contributed by atoms with Crippen molar-refractivity contribution in [3.63, 3.8) is 0 Å². The Bertz CT molecular complexity index is 925. The number of hydrogen-bond acceptors (Lipinski definition) is 7. The molecule has 3 aromatic rings. The molecule has 2 aromatic carbocycles. The van der Waals surface area contributed by atoms with Gasteiger partial charge in [0.1, 0.15) is 0 Å². The van der Waals surface area contributed by atoms with Gasteiger partial charge in [0.05, 0.1) is 34.4 Å². The summed E-state index contributed by atoms with van der Waals surface area (Å²) in [6, 6.07) is 15.4. The smallest absolute Gasteiger partial charge is 0.270 e. The van der Waals surface area contributed by atoms with Gasteiger partial charge in [0.25, 0.3) is 5.69 Å². The second-order valence-electron chi connectivity index (χ2n) is 6.38. The second-order valence-corrected chi connectivity index (χ2v) is 7.41. The Labute approximate surface area is 160 Å². The van der Waals surface area contributed by atoms with Gasteiger partial charge in [-0.2, -0.15) is 0 Å². The number of benzene rings is 2. The van der Waals surface area contributed by atoms with Gasteiger partial charge in [-0.05, 0) is 11.6 Å². The van der Waals surface area contributed by atoms with E-state index in [0.717, 1.165) is 41.7 Å². The number of aromatic nitrogens is 1. The molecule has 1 saturated heterocycles. The molecule has 1 N–H and O–H groups in total. The minimum absolute atomic E-state index is 0.0909. The van der Waals surface area contributed by atoms with Gasteiger partial charge < -0.3 is 10.1 Å². The Morgan fingerprint density at radius 3 is 2.74 bits per heavy atom. The van der Waals surface area contributed by atoms with Crippen LogP contribution in [0.15, 0.2) is 48.5 Å². The van der Waals surface area contributed by atoms with Crippen LogP contribution in [0.2, 0.25) is 0 Å². The molecule has 0 aliphatic carbocycles. The average molecular weight is 384 g/mol. The van der Waals surface area contributed by atoms with E-state index in [9.17, 15) is 10.1 Å². The van der Waals surface area contributed by atoms with E-state index >= 15 is 0 Å². The van der Waals surface area contributed by atoms with Gasteiger partial charge in [-0.15, -0.1) is 0 Å². The summed E-state index contributed by atoms with van der Waals surface area (Å²) in [4.78, 5) is 17.6. The highest BCUT2D eigenvalue weighted by Gasteiger charge is 2.23. The maximum absolute atomic E-state index is 11.0. The molecule has 27 heavy (non-hydrogen) atoms. The van der Waals surface area contributed by atoms with Crippen molar-refractivity contribution in [3.8, 4) is 0 Å². The molecule has 1 unspecified atom stereocenters. The van der Waals surface area contributed by atoms with Crippen molar-refractivity contribution in [2.45, 2.75) is 6.04 Å². The van der Waals surface area contributed by atoms with Gasteiger partial charge in [0.2, 0.25) is 0 Å². The lowest BCUT2D eigenvalue weighted by Gasteiger charge is -2.34. The van der Waals surface area contributed by atoms with E-state index < -0.39 is 0 Å². The van der Waals surface area contributed by atoms with Crippen LogP contribution < -0.4 is 5.32 Å². The van der Waals surface area contributed by atoms with Crippen molar-refractivity contribution >= 4 is 32.4 Å². The molecule has 0 saturated carbocycles. The monoisotopic (exact) mass is 384 g/mol. The summed E-state index contributed by atoms with van der Waals surface area (Å²) in [7, 11) is 0. The standard InChI is InChI=1S/C19H20N4O3S/c24-23(25)15-6-7-16-18(12-15)27-19(21-16)20-13-17(14-4-2-1-3-5-14)22-8-10-26-11-9-22/h1-7,12,17H,8-11,13H2,(H,20,21). The van der Waals surface area contributed by atoms with Crippen LogP contribution in [-0.2, 0) is 4.74 Å². The van der Waals surface area contributed by atoms with E-state index in [-0.39, 0.29) is 16.7 Å². The summed E-state index contributed by atoms with van der Waals surface area (Å²) in [6.45, 7) is 3.99. The van der Waals surface area contributed by atoms with Crippen molar-refractivity contribution in [1.29, 1.82) is 0 Å². The van der Waals surface area contributed by atoms with E-state index in [4.69, 9.17) is 4.74 Å². The van der Waals surface area contributed by atoms with Crippen molar-refractivity contribution in [2.75, 3.05) is 38.2 Å². The van der Waals surface area contributed by atoms with E-state index in [0.29, 0.717) is 6.54 Å². The fourth-order valence-corrected chi connectivity index (χ4v) is 4.21. The maximum atomic E-state index is 11.0. The molecule has 0 bridgehead atoms. The van der Waals surface area contributed by atoms with Crippen LogP contribution in [0.1, 0.15) is 11.6 Å². The zero-order chi connectivity index (χ0) is 18.6. The van der Waals surface area contributed by atoms with Gasteiger partial charge in [-0.25, -0.2) is 4.98 Å². The third kappa shape index (κ3) is 4.08. The molecule has 1 aliphatic rings. The number of nitro benzene ring substituents is 1. The van der Waals surface area contributed by atoms with Gasteiger partial charge in [-0.3, -0.25) is 15.0 Å². The van der Waals surface area contributed by atoms with E-state index in [2.05, 4.69) is 39.5 Å².